The fraction of sp³-hybridized carbons (Fsp3) is 0.348. The van der Waals surface area contributed by atoms with E-state index in [1.807, 2.05) is 30.7 Å². The molecular weight excluding hydrogens is 476 g/mol. The molecule has 1 saturated heterocycles. The van der Waals surface area contributed by atoms with Gasteiger partial charge in [-0.1, -0.05) is 22.9 Å². The van der Waals surface area contributed by atoms with Gasteiger partial charge in [0.25, 0.3) is 5.19 Å². The van der Waals surface area contributed by atoms with Crippen molar-refractivity contribution >= 4 is 51.0 Å². The molecule has 0 bridgehead atoms. The van der Waals surface area contributed by atoms with Crippen LogP contribution in [-0.2, 0) is 0 Å². The Morgan fingerprint density at radius 3 is 2.55 bits per heavy atom. The van der Waals surface area contributed by atoms with E-state index in [0.717, 1.165) is 58.5 Å². The van der Waals surface area contributed by atoms with Crippen LogP contribution in [0.3, 0.4) is 0 Å². The molecule has 0 aliphatic carbocycles. The maximum absolute atomic E-state index is 6.26. The molecule has 5 heterocycles. The number of fused-ring (bicyclic) bond motifs is 1. The van der Waals surface area contributed by atoms with E-state index in [1.54, 1.807) is 24.2 Å². The van der Waals surface area contributed by atoms with Gasteiger partial charge in [0.15, 0.2) is 0 Å². The van der Waals surface area contributed by atoms with Crippen LogP contribution >= 0.6 is 34.7 Å². The van der Waals surface area contributed by atoms with Crippen molar-refractivity contribution in [3.63, 3.8) is 0 Å². The fourth-order valence-corrected chi connectivity index (χ4v) is 5.29. The quantitative estimate of drug-likeness (QED) is 0.318. The molecule has 1 atom stereocenters. The van der Waals surface area contributed by atoms with Gasteiger partial charge in [-0.05, 0) is 56.2 Å². The van der Waals surface area contributed by atoms with Crippen molar-refractivity contribution in [1.82, 2.24) is 24.9 Å². The monoisotopic (exact) mass is 498 g/mol. The van der Waals surface area contributed by atoms with Gasteiger partial charge < -0.3 is 9.64 Å². The van der Waals surface area contributed by atoms with E-state index >= 15 is 0 Å². The van der Waals surface area contributed by atoms with Crippen LogP contribution in [0.2, 0.25) is 5.02 Å². The average molecular weight is 499 g/mol. The van der Waals surface area contributed by atoms with Crippen molar-refractivity contribution in [2.24, 2.45) is 5.92 Å². The summed E-state index contributed by atoms with van der Waals surface area (Å²) < 4.78 is 6.26. The number of rotatable bonds is 6. The summed E-state index contributed by atoms with van der Waals surface area (Å²) in [4.78, 5) is 25.6. The zero-order valence-corrected chi connectivity index (χ0v) is 20.7. The summed E-state index contributed by atoms with van der Waals surface area (Å²) >= 11 is 9.02. The normalized spacial score (nSPS) is 15.7. The van der Waals surface area contributed by atoms with Gasteiger partial charge >= 0.3 is 0 Å². The number of nitrogens with zero attached hydrogens (tertiary/aromatic N) is 6. The maximum atomic E-state index is 6.26. The molecule has 5 rings (SSSR count). The van der Waals surface area contributed by atoms with Crippen molar-refractivity contribution in [1.29, 1.82) is 0 Å². The largest absolute Gasteiger partial charge is 0.467 e. The molecule has 7 nitrogen and oxygen atoms in total. The summed E-state index contributed by atoms with van der Waals surface area (Å²) in [6.07, 6.45) is 9.26. The summed E-state index contributed by atoms with van der Waals surface area (Å²) in [7, 11) is 0. The van der Waals surface area contributed by atoms with Gasteiger partial charge in [-0.2, -0.15) is 0 Å². The SMILES string of the molecule is CSc1ccc(-c2ccc3nc(O[C@@H](C)C4CCN(c5ncc(Cl)cn5)CC4)sc3n2)cn1. The maximum Gasteiger partial charge on any atom is 0.276 e. The van der Waals surface area contributed by atoms with Crippen LogP contribution in [0.4, 0.5) is 5.95 Å². The first kappa shape index (κ1) is 22.3. The number of anilines is 1. The summed E-state index contributed by atoms with van der Waals surface area (Å²) in [5, 5.41) is 2.22. The van der Waals surface area contributed by atoms with Gasteiger partial charge in [0, 0.05) is 24.8 Å². The Morgan fingerprint density at radius 1 is 1.06 bits per heavy atom. The van der Waals surface area contributed by atoms with Crippen LogP contribution in [0.15, 0.2) is 47.9 Å². The third-order valence-electron chi connectivity index (χ3n) is 5.86. The molecule has 170 valence electrons. The van der Waals surface area contributed by atoms with Crippen molar-refractivity contribution < 1.29 is 4.74 Å². The molecular formula is C23H23ClN6OS2. The molecule has 0 amide bonds. The van der Waals surface area contributed by atoms with Crippen LogP contribution < -0.4 is 9.64 Å². The predicted octanol–water partition coefficient (Wildman–Crippen LogP) is 5.60. The Bertz CT molecular complexity index is 1230. The molecule has 0 radical (unpaired) electrons. The Balaban J connectivity index is 1.23. The highest BCUT2D eigenvalue weighted by molar-refractivity contribution is 7.98. The molecule has 0 unspecified atom stereocenters. The van der Waals surface area contributed by atoms with Crippen molar-refractivity contribution in [2.45, 2.75) is 30.9 Å². The van der Waals surface area contributed by atoms with E-state index in [4.69, 9.17) is 21.3 Å². The summed E-state index contributed by atoms with van der Waals surface area (Å²) in [6.45, 7) is 3.92. The molecule has 0 spiro atoms. The number of thiazole rings is 1. The Morgan fingerprint density at radius 2 is 1.85 bits per heavy atom. The zero-order chi connectivity index (χ0) is 22.8. The predicted molar refractivity (Wildman–Crippen MR) is 134 cm³/mol. The Kier molecular flexibility index (Phi) is 6.62. The second-order valence-corrected chi connectivity index (χ2v) is 10.1. The molecule has 4 aromatic rings. The lowest BCUT2D eigenvalue weighted by atomic mass is 9.92. The number of hydrogen-bond donors (Lipinski definition) is 0. The van der Waals surface area contributed by atoms with Gasteiger partial charge in [0.1, 0.15) is 16.5 Å². The number of hydrogen-bond acceptors (Lipinski definition) is 9. The summed E-state index contributed by atoms with van der Waals surface area (Å²) in [6, 6.07) is 8.05. The average Bonchev–Trinajstić information content (AvgIpc) is 3.26. The molecule has 1 aliphatic heterocycles. The minimum atomic E-state index is 0.0709. The lowest BCUT2D eigenvalue weighted by Gasteiger charge is -2.34. The Labute approximate surface area is 205 Å². The molecule has 1 aliphatic rings. The number of ether oxygens (including phenoxy) is 1. The summed E-state index contributed by atoms with van der Waals surface area (Å²) in [5.74, 6) is 1.18. The van der Waals surface area contributed by atoms with Crippen LogP contribution in [0, 0.1) is 5.92 Å². The van der Waals surface area contributed by atoms with Gasteiger partial charge in [0.2, 0.25) is 5.95 Å². The fourth-order valence-electron chi connectivity index (χ4n) is 3.95. The van der Waals surface area contributed by atoms with Crippen LogP contribution in [0.1, 0.15) is 19.8 Å². The molecule has 4 aromatic heterocycles. The number of piperidine rings is 1. The van der Waals surface area contributed by atoms with E-state index in [1.165, 1.54) is 11.3 Å². The zero-order valence-electron chi connectivity index (χ0n) is 18.3. The standard InChI is InChI=1S/C23H23ClN6OS2/c1-14(15-7-9-30(10-8-15)22-26-12-17(24)13-27-22)31-23-29-19-5-4-18(28-21(19)33-23)16-3-6-20(32-2)25-11-16/h3-6,11-15H,7-10H2,1-2H3/t14-/m0/s1. The molecule has 0 N–H and O–H groups in total. The minimum absolute atomic E-state index is 0.0709. The third kappa shape index (κ3) is 5.05. The highest BCUT2D eigenvalue weighted by Crippen LogP contribution is 2.32. The minimum Gasteiger partial charge on any atom is -0.467 e. The van der Waals surface area contributed by atoms with Crippen LogP contribution in [0.25, 0.3) is 21.6 Å². The van der Waals surface area contributed by atoms with Gasteiger partial charge in [-0.25, -0.2) is 24.9 Å². The molecule has 0 aromatic carbocycles. The smallest absolute Gasteiger partial charge is 0.276 e. The van der Waals surface area contributed by atoms with E-state index in [-0.39, 0.29) is 6.10 Å². The Hall–Kier alpha value is -2.49. The van der Waals surface area contributed by atoms with Gasteiger partial charge in [-0.15, -0.1) is 11.8 Å². The topological polar surface area (TPSA) is 76.9 Å². The second-order valence-electron chi connectivity index (χ2n) is 7.94. The first-order chi connectivity index (χ1) is 16.1. The number of pyridine rings is 2. The highest BCUT2D eigenvalue weighted by atomic mass is 35.5. The van der Waals surface area contributed by atoms with Crippen molar-refractivity contribution in [2.75, 3.05) is 24.2 Å². The van der Waals surface area contributed by atoms with Crippen LogP contribution in [-0.4, -0.2) is 50.4 Å². The van der Waals surface area contributed by atoms with Gasteiger partial charge in [0.05, 0.1) is 28.1 Å². The van der Waals surface area contributed by atoms with E-state index < -0.39 is 0 Å². The van der Waals surface area contributed by atoms with E-state index in [2.05, 4.69) is 37.8 Å². The van der Waals surface area contributed by atoms with E-state index in [9.17, 15) is 0 Å². The lowest BCUT2D eigenvalue weighted by Crippen LogP contribution is -2.39. The molecule has 10 heteroatoms. The third-order valence-corrected chi connectivity index (χ3v) is 7.57. The van der Waals surface area contributed by atoms with Gasteiger partial charge in [-0.3, -0.25) is 0 Å². The lowest BCUT2D eigenvalue weighted by molar-refractivity contribution is 0.132. The van der Waals surface area contributed by atoms with Crippen LogP contribution in [0.5, 0.6) is 5.19 Å². The molecule has 0 saturated carbocycles. The molecule has 33 heavy (non-hydrogen) atoms. The van der Waals surface area contributed by atoms with Crippen molar-refractivity contribution in [3.05, 3.63) is 47.9 Å². The van der Waals surface area contributed by atoms with Crippen molar-refractivity contribution in [3.8, 4) is 16.5 Å². The first-order valence-corrected chi connectivity index (χ1v) is 13.2. The number of thioether (sulfide) groups is 1. The first-order valence-electron chi connectivity index (χ1n) is 10.8. The highest BCUT2D eigenvalue weighted by Gasteiger charge is 2.27. The summed E-state index contributed by atoms with van der Waals surface area (Å²) in [5.41, 5.74) is 2.74. The number of halogens is 1. The molecule has 1 fully saturated rings. The second kappa shape index (κ2) is 9.79. The number of aromatic nitrogens is 5. The van der Waals surface area contributed by atoms with E-state index in [0.29, 0.717) is 16.1 Å².